The van der Waals surface area contributed by atoms with Crippen molar-refractivity contribution in [2.24, 2.45) is 0 Å². The number of para-hydroxylation sites is 1. The topological polar surface area (TPSA) is 98.7 Å². The molecular formula is C24H22N6O. The van der Waals surface area contributed by atoms with Gasteiger partial charge in [-0.15, -0.1) is 0 Å². The highest BCUT2D eigenvalue weighted by atomic mass is 16.5. The van der Waals surface area contributed by atoms with Gasteiger partial charge in [-0.1, -0.05) is 48.5 Å². The van der Waals surface area contributed by atoms with E-state index in [-0.39, 0.29) is 0 Å². The number of pyridine rings is 1. The number of nitrogens with zero attached hydrogens (tertiary/aromatic N) is 3. The van der Waals surface area contributed by atoms with Crippen LogP contribution in [0.3, 0.4) is 0 Å². The average Bonchev–Trinajstić information content (AvgIpc) is 3.22. The maximum absolute atomic E-state index is 9.88. The zero-order chi connectivity index (χ0) is 21.5. The number of aromatic nitrogens is 3. The fourth-order valence-electron chi connectivity index (χ4n) is 3.16. The highest BCUT2D eigenvalue weighted by molar-refractivity contribution is 5.79. The fraction of sp³-hybridized carbons (Fsp3) is 0.125. The minimum atomic E-state index is 0.438. The van der Waals surface area contributed by atoms with Crippen molar-refractivity contribution in [2.75, 3.05) is 23.8 Å². The molecule has 0 saturated carbocycles. The summed E-state index contributed by atoms with van der Waals surface area (Å²) >= 11 is 0. The quantitative estimate of drug-likeness (QED) is 0.358. The summed E-state index contributed by atoms with van der Waals surface area (Å²) in [5, 5.41) is 23.5. The van der Waals surface area contributed by atoms with E-state index in [1.54, 1.807) is 0 Å². The van der Waals surface area contributed by atoms with E-state index >= 15 is 0 Å². The highest BCUT2D eigenvalue weighted by Gasteiger charge is 2.15. The molecule has 2 aromatic heterocycles. The molecule has 3 N–H and O–H groups in total. The van der Waals surface area contributed by atoms with Gasteiger partial charge in [-0.05, 0) is 30.7 Å². The minimum absolute atomic E-state index is 0.438. The molecule has 2 heterocycles. The normalized spacial score (nSPS) is 10.3. The molecule has 0 fully saturated rings. The van der Waals surface area contributed by atoms with Gasteiger partial charge in [0.1, 0.15) is 35.6 Å². The van der Waals surface area contributed by atoms with Crippen LogP contribution in [-0.2, 0) is 0 Å². The molecule has 0 spiro atoms. The van der Waals surface area contributed by atoms with E-state index in [9.17, 15) is 5.26 Å². The third-order valence-corrected chi connectivity index (χ3v) is 4.58. The minimum Gasteiger partial charge on any atom is -0.492 e. The Hall–Kier alpha value is -4.31. The molecule has 0 saturated heterocycles. The molecule has 0 atom stereocenters. The first-order valence-corrected chi connectivity index (χ1v) is 9.94. The summed E-state index contributed by atoms with van der Waals surface area (Å²) in [4.78, 5) is 4.62. The van der Waals surface area contributed by atoms with Crippen molar-refractivity contribution in [3.63, 3.8) is 0 Å². The van der Waals surface area contributed by atoms with E-state index in [1.807, 2.05) is 79.7 Å². The van der Waals surface area contributed by atoms with Gasteiger partial charge in [0.15, 0.2) is 5.82 Å². The van der Waals surface area contributed by atoms with Crippen molar-refractivity contribution < 1.29 is 4.74 Å². The summed E-state index contributed by atoms with van der Waals surface area (Å²) in [6, 6.07) is 25.5. The van der Waals surface area contributed by atoms with Crippen molar-refractivity contribution in [2.45, 2.75) is 6.92 Å². The Balaban J connectivity index is 1.60. The summed E-state index contributed by atoms with van der Waals surface area (Å²) in [5.41, 5.74) is 3.15. The first kappa shape index (κ1) is 20.0. The lowest BCUT2D eigenvalue weighted by molar-refractivity contribution is 0.333. The van der Waals surface area contributed by atoms with E-state index < -0.39 is 0 Å². The molecular weight excluding hydrogens is 388 g/mol. The number of anilines is 3. The second-order valence-electron chi connectivity index (χ2n) is 6.91. The predicted octanol–water partition coefficient (Wildman–Crippen LogP) is 4.89. The van der Waals surface area contributed by atoms with E-state index in [0.29, 0.717) is 36.2 Å². The number of aryl methyl sites for hydroxylation is 1. The molecule has 0 radical (unpaired) electrons. The van der Waals surface area contributed by atoms with E-state index in [1.165, 1.54) is 0 Å². The second kappa shape index (κ2) is 9.46. The monoisotopic (exact) mass is 410 g/mol. The Morgan fingerprint density at radius 3 is 2.42 bits per heavy atom. The van der Waals surface area contributed by atoms with Crippen molar-refractivity contribution >= 4 is 17.5 Å². The van der Waals surface area contributed by atoms with Crippen LogP contribution in [0.1, 0.15) is 11.3 Å². The number of benzene rings is 2. The van der Waals surface area contributed by atoms with Gasteiger partial charge in [-0.2, -0.15) is 10.4 Å². The summed E-state index contributed by atoms with van der Waals surface area (Å²) in [6.45, 7) is 2.86. The van der Waals surface area contributed by atoms with Gasteiger partial charge in [0.2, 0.25) is 0 Å². The number of H-pyrrole nitrogens is 1. The van der Waals surface area contributed by atoms with Crippen molar-refractivity contribution in [1.29, 1.82) is 5.26 Å². The molecule has 0 aliphatic carbocycles. The number of hydrogen-bond acceptors (Lipinski definition) is 6. The lowest BCUT2D eigenvalue weighted by Gasteiger charge is -2.14. The van der Waals surface area contributed by atoms with Crippen molar-refractivity contribution in [3.8, 4) is 22.9 Å². The smallest absolute Gasteiger partial charge is 0.153 e. The van der Waals surface area contributed by atoms with Gasteiger partial charge >= 0.3 is 0 Å². The van der Waals surface area contributed by atoms with Crippen LogP contribution in [0.2, 0.25) is 0 Å². The van der Waals surface area contributed by atoms with E-state index in [4.69, 9.17) is 4.74 Å². The molecule has 0 unspecified atom stereocenters. The van der Waals surface area contributed by atoms with Crippen molar-refractivity contribution in [3.05, 3.63) is 84.1 Å². The fourth-order valence-corrected chi connectivity index (χ4v) is 3.16. The van der Waals surface area contributed by atoms with Gasteiger partial charge < -0.3 is 15.4 Å². The highest BCUT2D eigenvalue weighted by Crippen LogP contribution is 2.31. The standard InChI is InChI=1S/C24H22N6O/c1-17-14-23(30-29-17)27-22-15-20(18-8-4-2-5-9-18)21(16-25)24(28-22)26-12-13-31-19-10-6-3-7-11-19/h2-11,14-15H,12-13H2,1H3,(H3,26,27,28,29,30). The molecule has 7 nitrogen and oxygen atoms in total. The largest absolute Gasteiger partial charge is 0.492 e. The molecule has 0 aliphatic heterocycles. The average molecular weight is 410 g/mol. The van der Waals surface area contributed by atoms with Crippen LogP contribution in [-0.4, -0.2) is 28.3 Å². The summed E-state index contributed by atoms with van der Waals surface area (Å²) < 4.78 is 5.74. The second-order valence-corrected chi connectivity index (χ2v) is 6.91. The summed E-state index contributed by atoms with van der Waals surface area (Å²) in [6.07, 6.45) is 0. The number of rotatable bonds is 8. The maximum Gasteiger partial charge on any atom is 0.153 e. The third kappa shape index (κ3) is 5.00. The van der Waals surface area contributed by atoms with E-state index in [2.05, 4.69) is 31.9 Å². The van der Waals surface area contributed by atoms with Crippen LogP contribution < -0.4 is 15.4 Å². The first-order chi connectivity index (χ1) is 15.2. The molecule has 7 heteroatoms. The van der Waals surface area contributed by atoms with Gasteiger partial charge in [-0.25, -0.2) is 4.98 Å². The summed E-state index contributed by atoms with van der Waals surface area (Å²) in [7, 11) is 0. The van der Waals surface area contributed by atoms with Gasteiger partial charge in [0.25, 0.3) is 0 Å². The molecule has 0 aliphatic rings. The molecule has 2 aromatic carbocycles. The Morgan fingerprint density at radius 2 is 1.74 bits per heavy atom. The van der Waals surface area contributed by atoms with Gasteiger partial charge in [0, 0.05) is 17.3 Å². The lowest BCUT2D eigenvalue weighted by Crippen LogP contribution is -2.14. The molecule has 31 heavy (non-hydrogen) atoms. The number of nitrogens with one attached hydrogen (secondary N) is 3. The molecule has 0 bridgehead atoms. The van der Waals surface area contributed by atoms with Crippen molar-refractivity contribution in [1.82, 2.24) is 15.2 Å². The summed E-state index contributed by atoms with van der Waals surface area (Å²) in [5.74, 6) is 2.55. The zero-order valence-corrected chi connectivity index (χ0v) is 17.1. The van der Waals surface area contributed by atoms with E-state index in [0.717, 1.165) is 22.6 Å². The Kier molecular flexibility index (Phi) is 6.10. The van der Waals surface area contributed by atoms with Crippen LogP contribution in [0.5, 0.6) is 5.75 Å². The number of ether oxygens (including phenoxy) is 1. The molecule has 154 valence electrons. The lowest BCUT2D eigenvalue weighted by atomic mass is 10.0. The number of aromatic amines is 1. The van der Waals surface area contributed by atoms with Crippen LogP contribution in [0.15, 0.2) is 72.8 Å². The van der Waals surface area contributed by atoms with Gasteiger partial charge in [-0.3, -0.25) is 5.10 Å². The molecule has 4 aromatic rings. The zero-order valence-electron chi connectivity index (χ0n) is 17.1. The van der Waals surface area contributed by atoms with Gasteiger partial charge in [0.05, 0.1) is 6.54 Å². The predicted molar refractivity (Wildman–Crippen MR) is 121 cm³/mol. The number of hydrogen-bond donors (Lipinski definition) is 3. The van der Waals surface area contributed by atoms with Crippen LogP contribution >= 0.6 is 0 Å². The SMILES string of the molecule is Cc1cc(Nc2cc(-c3ccccc3)c(C#N)c(NCCOc3ccccc3)n2)n[nH]1. The Morgan fingerprint density at radius 1 is 1.00 bits per heavy atom. The van der Waals surface area contributed by atoms with Crippen LogP contribution in [0.25, 0.3) is 11.1 Å². The number of nitriles is 1. The Labute approximate surface area is 180 Å². The molecule has 0 amide bonds. The first-order valence-electron chi connectivity index (χ1n) is 9.94. The maximum atomic E-state index is 9.88. The van der Waals surface area contributed by atoms with Crippen LogP contribution in [0.4, 0.5) is 17.5 Å². The molecule has 4 rings (SSSR count). The Bertz CT molecular complexity index is 1180. The van der Waals surface area contributed by atoms with Crippen LogP contribution in [0, 0.1) is 18.3 Å². The third-order valence-electron chi connectivity index (χ3n) is 4.58.